The number of aryl methyl sites for hydroxylation is 1. The number of pyridine rings is 1. The van der Waals surface area contributed by atoms with E-state index in [0.717, 1.165) is 28.3 Å². The molecule has 5 nitrogen and oxygen atoms in total. The molecule has 102 valence electrons. The predicted octanol–water partition coefficient (Wildman–Crippen LogP) is 2.95. The Kier molecular flexibility index (Phi) is 3.02. The average Bonchev–Trinajstić information content (AvgIpc) is 2.89. The Morgan fingerprint density at radius 2 is 1.85 bits per heavy atom. The van der Waals surface area contributed by atoms with Gasteiger partial charge in [0.1, 0.15) is 17.3 Å². The summed E-state index contributed by atoms with van der Waals surface area (Å²) >= 11 is 0. The van der Waals surface area contributed by atoms with Gasteiger partial charge in [0, 0.05) is 11.8 Å². The van der Waals surface area contributed by atoms with Gasteiger partial charge in [-0.05, 0) is 31.2 Å². The van der Waals surface area contributed by atoms with Crippen molar-refractivity contribution >= 4 is 11.2 Å². The normalized spacial score (nSPS) is 10.8. The van der Waals surface area contributed by atoms with Crippen molar-refractivity contribution in [1.82, 2.24) is 15.0 Å². The lowest BCUT2D eigenvalue weighted by atomic mass is 10.2. The lowest BCUT2D eigenvalue weighted by Gasteiger charge is -2.08. The van der Waals surface area contributed by atoms with E-state index in [9.17, 15) is 0 Å². The minimum atomic E-state index is 0.706. The fourth-order valence-corrected chi connectivity index (χ4v) is 2.11. The molecule has 0 aliphatic heterocycles. The molecule has 1 N–H and O–H groups in total. The Bertz CT molecular complexity index is 765. The molecule has 0 aliphatic rings. The zero-order valence-corrected chi connectivity index (χ0v) is 11.6. The van der Waals surface area contributed by atoms with Crippen molar-refractivity contribution in [2.75, 3.05) is 14.2 Å². The number of nitrogens with zero attached hydrogens (tertiary/aromatic N) is 2. The van der Waals surface area contributed by atoms with Gasteiger partial charge in [-0.3, -0.25) is 0 Å². The van der Waals surface area contributed by atoms with Crippen molar-refractivity contribution in [2.24, 2.45) is 0 Å². The summed E-state index contributed by atoms with van der Waals surface area (Å²) in [5.74, 6) is 2.19. The molecule has 0 fully saturated rings. The molecule has 0 spiro atoms. The molecule has 0 bridgehead atoms. The minimum absolute atomic E-state index is 0.706. The van der Waals surface area contributed by atoms with Crippen LogP contribution >= 0.6 is 0 Å². The number of aromatic nitrogens is 3. The maximum Gasteiger partial charge on any atom is 0.178 e. The molecule has 0 radical (unpaired) electrons. The van der Waals surface area contributed by atoms with Crippen LogP contribution in [0.3, 0.4) is 0 Å². The van der Waals surface area contributed by atoms with E-state index in [2.05, 4.69) is 15.0 Å². The number of hydrogen-bond donors (Lipinski definition) is 1. The van der Waals surface area contributed by atoms with Crippen LogP contribution in [-0.4, -0.2) is 29.2 Å². The highest BCUT2D eigenvalue weighted by Gasteiger charge is 2.12. The van der Waals surface area contributed by atoms with Gasteiger partial charge in [0.05, 0.1) is 25.3 Å². The van der Waals surface area contributed by atoms with E-state index in [0.29, 0.717) is 11.4 Å². The van der Waals surface area contributed by atoms with Crippen LogP contribution in [0.25, 0.3) is 22.6 Å². The molecule has 0 unspecified atom stereocenters. The first-order valence-corrected chi connectivity index (χ1v) is 6.27. The van der Waals surface area contributed by atoms with Gasteiger partial charge in [0.25, 0.3) is 0 Å². The van der Waals surface area contributed by atoms with E-state index in [4.69, 9.17) is 9.47 Å². The van der Waals surface area contributed by atoms with Crippen molar-refractivity contribution in [1.29, 1.82) is 0 Å². The van der Waals surface area contributed by atoms with Gasteiger partial charge in [0.2, 0.25) is 0 Å². The SMILES string of the molecule is COc1ccc(-c2nc3nc(C)ccc3[nH]2)c(OC)c1. The molecule has 2 aromatic heterocycles. The fraction of sp³-hybridized carbons (Fsp3) is 0.200. The Balaban J connectivity index is 2.14. The zero-order chi connectivity index (χ0) is 14.1. The lowest BCUT2D eigenvalue weighted by Crippen LogP contribution is -1.91. The third-order valence-corrected chi connectivity index (χ3v) is 3.15. The summed E-state index contributed by atoms with van der Waals surface area (Å²) in [5.41, 5.74) is 3.43. The van der Waals surface area contributed by atoms with E-state index < -0.39 is 0 Å². The number of ether oxygens (including phenoxy) is 2. The summed E-state index contributed by atoms with van der Waals surface area (Å²) in [6, 6.07) is 9.56. The Morgan fingerprint density at radius 1 is 1.00 bits per heavy atom. The van der Waals surface area contributed by atoms with Gasteiger partial charge in [-0.1, -0.05) is 0 Å². The fourth-order valence-electron chi connectivity index (χ4n) is 2.11. The standard InChI is InChI=1S/C15H15N3O2/c1-9-4-7-12-15(16-9)18-14(17-12)11-6-5-10(19-2)8-13(11)20-3/h4-8H,1-3H3,(H,16,17,18). The van der Waals surface area contributed by atoms with Gasteiger partial charge in [0.15, 0.2) is 5.65 Å². The molecule has 0 saturated heterocycles. The Morgan fingerprint density at radius 3 is 2.60 bits per heavy atom. The number of aromatic amines is 1. The van der Waals surface area contributed by atoms with E-state index in [1.54, 1.807) is 14.2 Å². The number of methoxy groups -OCH3 is 2. The second kappa shape index (κ2) is 4.85. The first kappa shape index (κ1) is 12.5. The molecule has 3 rings (SSSR count). The van der Waals surface area contributed by atoms with Crippen molar-refractivity contribution in [3.8, 4) is 22.9 Å². The van der Waals surface area contributed by atoms with Gasteiger partial charge in [-0.2, -0.15) is 0 Å². The first-order chi connectivity index (χ1) is 9.71. The highest BCUT2D eigenvalue weighted by molar-refractivity contribution is 5.78. The van der Waals surface area contributed by atoms with E-state index in [1.807, 2.05) is 37.3 Å². The molecular weight excluding hydrogens is 254 g/mol. The number of H-pyrrole nitrogens is 1. The minimum Gasteiger partial charge on any atom is -0.497 e. The average molecular weight is 269 g/mol. The summed E-state index contributed by atoms with van der Waals surface area (Å²) in [5, 5.41) is 0. The molecule has 0 amide bonds. The number of benzene rings is 1. The number of nitrogens with one attached hydrogen (secondary N) is 1. The third-order valence-electron chi connectivity index (χ3n) is 3.15. The smallest absolute Gasteiger partial charge is 0.178 e. The summed E-state index contributed by atoms with van der Waals surface area (Å²) in [4.78, 5) is 12.2. The zero-order valence-electron chi connectivity index (χ0n) is 11.6. The maximum absolute atomic E-state index is 5.40. The van der Waals surface area contributed by atoms with E-state index >= 15 is 0 Å². The van der Waals surface area contributed by atoms with Crippen LogP contribution < -0.4 is 9.47 Å². The second-order valence-electron chi connectivity index (χ2n) is 4.48. The van der Waals surface area contributed by atoms with Gasteiger partial charge < -0.3 is 14.5 Å². The molecule has 2 heterocycles. The van der Waals surface area contributed by atoms with Crippen LogP contribution in [0.4, 0.5) is 0 Å². The Hall–Kier alpha value is -2.56. The molecule has 0 aliphatic carbocycles. The summed E-state index contributed by atoms with van der Waals surface area (Å²) in [6.07, 6.45) is 0. The van der Waals surface area contributed by atoms with Crippen LogP contribution in [0.5, 0.6) is 11.5 Å². The van der Waals surface area contributed by atoms with Crippen molar-refractivity contribution in [3.05, 3.63) is 36.0 Å². The van der Waals surface area contributed by atoms with Crippen LogP contribution in [0.2, 0.25) is 0 Å². The predicted molar refractivity (Wildman–Crippen MR) is 77.2 cm³/mol. The quantitative estimate of drug-likeness (QED) is 0.794. The van der Waals surface area contributed by atoms with E-state index in [-0.39, 0.29) is 0 Å². The van der Waals surface area contributed by atoms with Gasteiger partial charge >= 0.3 is 0 Å². The third kappa shape index (κ3) is 2.07. The highest BCUT2D eigenvalue weighted by atomic mass is 16.5. The van der Waals surface area contributed by atoms with Gasteiger partial charge in [-0.15, -0.1) is 0 Å². The van der Waals surface area contributed by atoms with Crippen molar-refractivity contribution in [2.45, 2.75) is 6.92 Å². The van der Waals surface area contributed by atoms with Crippen LogP contribution in [0, 0.1) is 6.92 Å². The first-order valence-electron chi connectivity index (χ1n) is 6.27. The molecule has 0 atom stereocenters. The highest BCUT2D eigenvalue weighted by Crippen LogP contribution is 2.32. The van der Waals surface area contributed by atoms with Crippen LogP contribution in [0.1, 0.15) is 5.69 Å². The summed E-state index contributed by atoms with van der Waals surface area (Å²) in [7, 11) is 3.26. The second-order valence-corrected chi connectivity index (χ2v) is 4.48. The molecule has 0 saturated carbocycles. The number of hydrogen-bond acceptors (Lipinski definition) is 4. The topological polar surface area (TPSA) is 60.0 Å². The van der Waals surface area contributed by atoms with Crippen molar-refractivity contribution in [3.63, 3.8) is 0 Å². The van der Waals surface area contributed by atoms with E-state index in [1.165, 1.54) is 0 Å². The molecule has 20 heavy (non-hydrogen) atoms. The monoisotopic (exact) mass is 269 g/mol. The number of fused-ring (bicyclic) bond motifs is 1. The molecule has 1 aromatic carbocycles. The largest absolute Gasteiger partial charge is 0.497 e. The Labute approximate surface area is 116 Å². The van der Waals surface area contributed by atoms with Crippen LogP contribution in [-0.2, 0) is 0 Å². The lowest BCUT2D eigenvalue weighted by molar-refractivity contribution is 0.395. The summed E-state index contributed by atoms with van der Waals surface area (Å²) in [6.45, 7) is 1.95. The summed E-state index contributed by atoms with van der Waals surface area (Å²) < 4.78 is 10.6. The molecule has 5 heteroatoms. The van der Waals surface area contributed by atoms with Crippen molar-refractivity contribution < 1.29 is 9.47 Å². The van der Waals surface area contributed by atoms with Gasteiger partial charge in [-0.25, -0.2) is 9.97 Å². The molecular formula is C15H15N3O2. The number of imidazole rings is 1. The maximum atomic E-state index is 5.40. The van der Waals surface area contributed by atoms with Crippen LogP contribution in [0.15, 0.2) is 30.3 Å². The molecule has 3 aromatic rings. The number of rotatable bonds is 3.